The van der Waals surface area contributed by atoms with Crippen LogP contribution in [0.15, 0.2) is 37.1 Å². The highest BCUT2D eigenvalue weighted by Gasteiger charge is 2.05. The Morgan fingerprint density at radius 2 is 2.37 bits per heavy atom. The van der Waals surface area contributed by atoms with Gasteiger partial charge in [0.05, 0.1) is 18.0 Å². The average Bonchev–Trinajstić information content (AvgIpc) is 2.91. The molecule has 0 aliphatic heterocycles. The summed E-state index contributed by atoms with van der Waals surface area (Å²) in [5, 5.41) is 11.8. The van der Waals surface area contributed by atoms with Gasteiger partial charge >= 0.3 is 0 Å². The van der Waals surface area contributed by atoms with Gasteiger partial charge in [-0.15, -0.1) is 0 Å². The third-order valence-electron chi connectivity index (χ3n) is 2.59. The summed E-state index contributed by atoms with van der Waals surface area (Å²) < 4.78 is 1.78. The van der Waals surface area contributed by atoms with Crippen LogP contribution in [-0.2, 0) is 4.79 Å². The number of anilines is 1. The Hall–Kier alpha value is -2.21. The Morgan fingerprint density at radius 1 is 1.53 bits per heavy atom. The van der Waals surface area contributed by atoms with Crippen molar-refractivity contribution in [2.45, 2.75) is 25.9 Å². The lowest BCUT2D eigenvalue weighted by Gasteiger charge is -2.07. The molecular weight excluding hydrogens is 244 g/mol. The van der Waals surface area contributed by atoms with Crippen LogP contribution in [0.4, 0.5) is 5.69 Å². The Kier molecular flexibility index (Phi) is 4.25. The summed E-state index contributed by atoms with van der Waals surface area (Å²) in [4.78, 5) is 19.7. The molecule has 2 heterocycles. The molecule has 1 unspecified atom stereocenters. The SMILES string of the molecule is CC(O)CCC(=O)Nc1ccc(-n2ccnc2)nc1. The first-order chi connectivity index (χ1) is 9.15. The zero-order valence-electron chi connectivity index (χ0n) is 10.7. The van der Waals surface area contributed by atoms with Crippen LogP contribution in [-0.4, -0.2) is 31.7 Å². The highest BCUT2D eigenvalue weighted by Crippen LogP contribution is 2.10. The Balaban J connectivity index is 1.94. The second-order valence-corrected chi connectivity index (χ2v) is 4.31. The molecule has 6 nitrogen and oxygen atoms in total. The van der Waals surface area contributed by atoms with Gasteiger partial charge in [0.25, 0.3) is 0 Å². The van der Waals surface area contributed by atoms with E-state index in [1.54, 1.807) is 48.5 Å². The van der Waals surface area contributed by atoms with Crippen LogP contribution in [0.1, 0.15) is 19.8 Å². The van der Waals surface area contributed by atoms with E-state index in [1.165, 1.54) is 0 Å². The molecule has 2 aromatic heterocycles. The van der Waals surface area contributed by atoms with Crippen LogP contribution >= 0.6 is 0 Å². The van der Waals surface area contributed by atoms with Crippen LogP contribution in [0, 0.1) is 0 Å². The second-order valence-electron chi connectivity index (χ2n) is 4.31. The van der Waals surface area contributed by atoms with Crippen molar-refractivity contribution in [3.05, 3.63) is 37.1 Å². The van der Waals surface area contributed by atoms with E-state index in [4.69, 9.17) is 5.11 Å². The number of pyridine rings is 1. The molecule has 2 aromatic rings. The maximum Gasteiger partial charge on any atom is 0.224 e. The molecule has 0 saturated carbocycles. The molecule has 2 rings (SSSR count). The minimum Gasteiger partial charge on any atom is -0.393 e. The Bertz CT molecular complexity index is 520. The maximum absolute atomic E-state index is 11.6. The zero-order chi connectivity index (χ0) is 13.7. The van der Waals surface area contributed by atoms with Crippen molar-refractivity contribution in [1.82, 2.24) is 14.5 Å². The van der Waals surface area contributed by atoms with Crippen molar-refractivity contribution in [2.75, 3.05) is 5.32 Å². The van der Waals surface area contributed by atoms with Gasteiger partial charge in [-0.1, -0.05) is 0 Å². The number of hydrogen-bond acceptors (Lipinski definition) is 4. The van der Waals surface area contributed by atoms with Crippen molar-refractivity contribution in [2.24, 2.45) is 0 Å². The molecule has 0 spiro atoms. The molecule has 100 valence electrons. The van der Waals surface area contributed by atoms with Gasteiger partial charge in [-0.2, -0.15) is 0 Å². The van der Waals surface area contributed by atoms with Crippen molar-refractivity contribution >= 4 is 11.6 Å². The molecule has 0 aliphatic rings. The quantitative estimate of drug-likeness (QED) is 0.850. The van der Waals surface area contributed by atoms with Gasteiger partial charge < -0.3 is 10.4 Å². The lowest BCUT2D eigenvalue weighted by atomic mass is 10.2. The molecule has 0 radical (unpaired) electrons. The fourth-order valence-corrected chi connectivity index (χ4v) is 1.57. The summed E-state index contributed by atoms with van der Waals surface area (Å²) in [6.07, 6.45) is 7.00. The van der Waals surface area contributed by atoms with Crippen LogP contribution < -0.4 is 5.32 Å². The third kappa shape index (κ3) is 3.89. The third-order valence-corrected chi connectivity index (χ3v) is 2.59. The maximum atomic E-state index is 11.6. The van der Waals surface area contributed by atoms with Crippen molar-refractivity contribution in [1.29, 1.82) is 0 Å². The average molecular weight is 260 g/mol. The molecule has 0 aromatic carbocycles. The number of hydrogen-bond donors (Lipinski definition) is 2. The van der Waals surface area contributed by atoms with Gasteiger partial charge in [0.2, 0.25) is 5.91 Å². The molecular formula is C13H16N4O2. The number of nitrogens with one attached hydrogen (secondary N) is 1. The highest BCUT2D eigenvalue weighted by molar-refractivity contribution is 5.90. The molecule has 2 N–H and O–H groups in total. The smallest absolute Gasteiger partial charge is 0.224 e. The molecule has 0 fully saturated rings. The zero-order valence-corrected chi connectivity index (χ0v) is 10.7. The second kappa shape index (κ2) is 6.10. The number of aliphatic hydroxyl groups excluding tert-OH is 1. The molecule has 0 bridgehead atoms. The first kappa shape index (κ1) is 13.2. The fraction of sp³-hybridized carbons (Fsp3) is 0.308. The van der Waals surface area contributed by atoms with E-state index in [-0.39, 0.29) is 5.91 Å². The lowest BCUT2D eigenvalue weighted by Crippen LogP contribution is -2.14. The van der Waals surface area contributed by atoms with Crippen LogP contribution in [0.25, 0.3) is 5.82 Å². The topological polar surface area (TPSA) is 80.0 Å². The summed E-state index contributed by atoms with van der Waals surface area (Å²) in [5.74, 6) is 0.609. The summed E-state index contributed by atoms with van der Waals surface area (Å²) >= 11 is 0. The number of carbonyl (C=O) groups is 1. The molecule has 0 saturated heterocycles. The number of rotatable bonds is 5. The van der Waals surface area contributed by atoms with Crippen LogP contribution in [0.5, 0.6) is 0 Å². The summed E-state index contributed by atoms with van der Waals surface area (Å²) in [7, 11) is 0. The van der Waals surface area contributed by atoms with Gasteiger partial charge in [-0.3, -0.25) is 9.36 Å². The summed E-state index contributed by atoms with van der Waals surface area (Å²) in [6, 6.07) is 3.58. The summed E-state index contributed by atoms with van der Waals surface area (Å²) in [5.41, 5.74) is 0.638. The monoisotopic (exact) mass is 260 g/mol. The van der Waals surface area contributed by atoms with E-state index in [0.29, 0.717) is 18.5 Å². The molecule has 1 atom stereocenters. The van der Waals surface area contributed by atoms with Crippen molar-refractivity contribution < 1.29 is 9.90 Å². The first-order valence-electron chi connectivity index (χ1n) is 6.07. The van der Waals surface area contributed by atoms with Gasteiger partial charge in [0.1, 0.15) is 12.1 Å². The number of carbonyl (C=O) groups excluding carboxylic acids is 1. The number of amides is 1. The molecule has 1 amide bonds. The van der Waals surface area contributed by atoms with Gasteiger partial charge in [-0.05, 0) is 25.5 Å². The van der Waals surface area contributed by atoms with E-state index >= 15 is 0 Å². The standard InChI is InChI=1S/C13H16N4O2/c1-10(18)2-5-13(19)16-11-3-4-12(15-8-11)17-7-6-14-9-17/h3-4,6-10,18H,2,5H2,1H3,(H,16,19). The number of nitrogens with zero attached hydrogens (tertiary/aromatic N) is 3. The van der Waals surface area contributed by atoms with E-state index in [9.17, 15) is 4.79 Å². The lowest BCUT2D eigenvalue weighted by molar-refractivity contribution is -0.116. The minimum absolute atomic E-state index is 0.127. The normalized spacial score (nSPS) is 12.1. The number of aromatic nitrogens is 3. The van der Waals surface area contributed by atoms with Gasteiger partial charge in [-0.25, -0.2) is 9.97 Å². The Morgan fingerprint density at radius 3 is 2.95 bits per heavy atom. The van der Waals surface area contributed by atoms with Gasteiger partial charge in [0, 0.05) is 18.8 Å². The van der Waals surface area contributed by atoms with Crippen molar-refractivity contribution in [3.8, 4) is 5.82 Å². The predicted octanol–water partition coefficient (Wildman–Crippen LogP) is 1.37. The van der Waals surface area contributed by atoms with Crippen molar-refractivity contribution in [3.63, 3.8) is 0 Å². The fourth-order valence-electron chi connectivity index (χ4n) is 1.57. The number of aliphatic hydroxyl groups is 1. The molecule has 6 heteroatoms. The van der Waals surface area contributed by atoms with Gasteiger partial charge in [0.15, 0.2) is 0 Å². The highest BCUT2D eigenvalue weighted by atomic mass is 16.3. The minimum atomic E-state index is -0.465. The van der Waals surface area contributed by atoms with E-state index in [2.05, 4.69) is 15.3 Å². The van der Waals surface area contributed by atoms with Crippen LogP contribution in [0.3, 0.4) is 0 Å². The molecule has 0 aliphatic carbocycles. The number of imidazole rings is 1. The van der Waals surface area contributed by atoms with Crippen LogP contribution in [0.2, 0.25) is 0 Å². The van der Waals surface area contributed by atoms with E-state index < -0.39 is 6.10 Å². The predicted molar refractivity (Wildman–Crippen MR) is 70.9 cm³/mol. The Labute approximate surface area is 111 Å². The first-order valence-corrected chi connectivity index (χ1v) is 6.07. The summed E-state index contributed by atoms with van der Waals surface area (Å²) in [6.45, 7) is 1.66. The largest absolute Gasteiger partial charge is 0.393 e. The van der Waals surface area contributed by atoms with E-state index in [1.807, 2.05) is 0 Å². The molecule has 19 heavy (non-hydrogen) atoms. The van der Waals surface area contributed by atoms with E-state index in [0.717, 1.165) is 5.82 Å².